The molecular formula is C13H24N4O2S. The highest BCUT2D eigenvalue weighted by molar-refractivity contribution is 7.89. The van der Waals surface area contributed by atoms with Crippen LogP contribution in [0.2, 0.25) is 0 Å². The van der Waals surface area contributed by atoms with E-state index in [4.69, 9.17) is 10.9 Å². The number of primary sulfonamides is 1. The Kier molecular flexibility index (Phi) is 5.79. The first-order valence-electron chi connectivity index (χ1n) is 6.58. The molecule has 0 fully saturated rings. The van der Waals surface area contributed by atoms with E-state index in [-0.39, 0.29) is 4.90 Å². The maximum Gasteiger partial charge on any atom is 0.240 e. The Morgan fingerprint density at radius 1 is 1.35 bits per heavy atom. The van der Waals surface area contributed by atoms with Crippen molar-refractivity contribution in [1.82, 2.24) is 4.90 Å². The van der Waals surface area contributed by atoms with E-state index in [2.05, 4.69) is 31.1 Å². The van der Waals surface area contributed by atoms with Gasteiger partial charge in [-0.05, 0) is 52.1 Å². The van der Waals surface area contributed by atoms with Crippen molar-refractivity contribution in [2.45, 2.75) is 31.2 Å². The second-order valence-corrected chi connectivity index (χ2v) is 6.69. The van der Waals surface area contributed by atoms with E-state index in [0.29, 0.717) is 24.0 Å². The lowest BCUT2D eigenvalue weighted by molar-refractivity contribution is 0.273. The molecule has 7 heteroatoms. The van der Waals surface area contributed by atoms with Gasteiger partial charge in [0.25, 0.3) is 0 Å². The summed E-state index contributed by atoms with van der Waals surface area (Å²) in [5.41, 5.74) is 6.47. The van der Waals surface area contributed by atoms with Crippen LogP contribution in [0.1, 0.15) is 20.3 Å². The van der Waals surface area contributed by atoms with Crippen LogP contribution in [0.4, 0.5) is 11.4 Å². The van der Waals surface area contributed by atoms with Crippen LogP contribution in [0, 0.1) is 0 Å². The standard InChI is InChI=1S/C13H24N4O2S/c1-10(2)17(3)8-4-7-16-12-6-5-11(14)9-13(12)20(15,18)19/h5-6,9-10,16H,4,7-8,14H2,1-3H3,(H2,15,18,19). The average Bonchev–Trinajstić information content (AvgIpc) is 2.34. The normalized spacial score (nSPS) is 12.1. The third-order valence-corrected chi connectivity index (χ3v) is 4.15. The number of nitrogens with two attached hydrogens (primary N) is 2. The van der Waals surface area contributed by atoms with Crippen LogP contribution in [0.3, 0.4) is 0 Å². The molecule has 0 atom stereocenters. The first-order valence-corrected chi connectivity index (χ1v) is 8.13. The summed E-state index contributed by atoms with van der Waals surface area (Å²) in [6.45, 7) is 5.87. The fraction of sp³-hybridized carbons (Fsp3) is 0.538. The minimum atomic E-state index is -3.78. The summed E-state index contributed by atoms with van der Waals surface area (Å²) in [6.07, 6.45) is 0.906. The molecule has 0 unspecified atom stereocenters. The van der Waals surface area contributed by atoms with Crippen molar-refractivity contribution >= 4 is 21.4 Å². The van der Waals surface area contributed by atoms with Crippen molar-refractivity contribution in [3.8, 4) is 0 Å². The number of hydrogen-bond donors (Lipinski definition) is 3. The van der Waals surface area contributed by atoms with E-state index >= 15 is 0 Å². The fourth-order valence-electron chi connectivity index (χ4n) is 1.73. The number of rotatable bonds is 7. The van der Waals surface area contributed by atoms with E-state index in [1.165, 1.54) is 6.07 Å². The van der Waals surface area contributed by atoms with Gasteiger partial charge < -0.3 is 16.0 Å². The Morgan fingerprint density at radius 2 is 2.00 bits per heavy atom. The van der Waals surface area contributed by atoms with Crippen LogP contribution >= 0.6 is 0 Å². The summed E-state index contributed by atoms with van der Waals surface area (Å²) < 4.78 is 23.0. The zero-order valence-corrected chi connectivity index (χ0v) is 13.1. The van der Waals surface area contributed by atoms with Gasteiger partial charge in [-0.15, -0.1) is 0 Å². The average molecular weight is 300 g/mol. The lowest BCUT2D eigenvalue weighted by Gasteiger charge is -2.21. The van der Waals surface area contributed by atoms with Crippen LogP contribution in [0.5, 0.6) is 0 Å². The zero-order valence-electron chi connectivity index (χ0n) is 12.3. The van der Waals surface area contributed by atoms with E-state index < -0.39 is 10.0 Å². The first kappa shape index (κ1) is 16.7. The molecular weight excluding hydrogens is 276 g/mol. The number of sulfonamides is 1. The molecule has 20 heavy (non-hydrogen) atoms. The third-order valence-electron chi connectivity index (χ3n) is 3.20. The van der Waals surface area contributed by atoms with Gasteiger partial charge in [0.2, 0.25) is 10.0 Å². The maximum absolute atomic E-state index is 11.5. The van der Waals surface area contributed by atoms with Crippen molar-refractivity contribution in [1.29, 1.82) is 0 Å². The van der Waals surface area contributed by atoms with Gasteiger partial charge in [0.1, 0.15) is 4.90 Å². The SMILES string of the molecule is CC(C)N(C)CCCNc1ccc(N)cc1S(N)(=O)=O. The van der Waals surface area contributed by atoms with Crippen LogP contribution in [-0.2, 0) is 10.0 Å². The minimum Gasteiger partial charge on any atom is -0.399 e. The number of nitrogens with zero attached hydrogens (tertiary/aromatic N) is 1. The molecule has 0 spiro atoms. The molecule has 0 aromatic heterocycles. The summed E-state index contributed by atoms with van der Waals surface area (Å²) in [7, 11) is -1.72. The monoisotopic (exact) mass is 300 g/mol. The van der Waals surface area contributed by atoms with Crippen molar-refractivity contribution in [3.05, 3.63) is 18.2 Å². The summed E-state index contributed by atoms with van der Waals surface area (Å²) in [4.78, 5) is 2.26. The van der Waals surface area contributed by atoms with Crippen molar-refractivity contribution in [2.75, 3.05) is 31.2 Å². The highest BCUT2D eigenvalue weighted by Crippen LogP contribution is 2.22. The molecule has 1 aromatic carbocycles. The lowest BCUT2D eigenvalue weighted by atomic mass is 10.2. The number of hydrogen-bond acceptors (Lipinski definition) is 5. The van der Waals surface area contributed by atoms with Gasteiger partial charge >= 0.3 is 0 Å². The van der Waals surface area contributed by atoms with Crippen molar-refractivity contribution < 1.29 is 8.42 Å². The third kappa shape index (κ3) is 4.99. The summed E-state index contributed by atoms with van der Waals surface area (Å²) >= 11 is 0. The van der Waals surface area contributed by atoms with Gasteiger partial charge in [0, 0.05) is 18.3 Å². The number of benzene rings is 1. The lowest BCUT2D eigenvalue weighted by Crippen LogP contribution is -2.28. The molecule has 0 saturated heterocycles. The molecule has 5 N–H and O–H groups in total. The van der Waals surface area contributed by atoms with E-state index in [9.17, 15) is 8.42 Å². The smallest absolute Gasteiger partial charge is 0.240 e. The van der Waals surface area contributed by atoms with E-state index in [0.717, 1.165) is 13.0 Å². The van der Waals surface area contributed by atoms with E-state index in [1.807, 2.05) is 0 Å². The van der Waals surface area contributed by atoms with Gasteiger partial charge in [-0.25, -0.2) is 13.6 Å². The van der Waals surface area contributed by atoms with Gasteiger partial charge in [-0.1, -0.05) is 0 Å². The van der Waals surface area contributed by atoms with Crippen molar-refractivity contribution in [3.63, 3.8) is 0 Å². The van der Waals surface area contributed by atoms with Crippen molar-refractivity contribution in [2.24, 2.45) is 5.14 Å². The second kappa shape index (κ2) is 6.92. The van der Waals surface area contributed by atoms with Gasteiger partial charge in [0.05, 0.1) is 5.69 Å². The molecule has 1 aromatic rings. The summed E-state index contributed by atoms with van der Waals surface area (Å²) in [5, 5.41) is 8.29. The predicted octanol–water partition coefficient (Wildman–Crippen LogP) is 1.06. The highest BCUT2D eigenvalue weighted by atomic mass is 32.2. The Balaban J connectivity index is 2.65. The molecule has 1 rings (SSSR count). The van der Waals surface area contributed by atoms with Crippen LogP contribution in [0.25, 0.3) is 0 Å². The molecule has 0 aliphatic carbocycles. The molecule has 0 bridgehead atoms. The Morgan fingerprint density at radius 3 is 2.55 bits per heavy atom. The largest absolute Gasteiger partial charge is 0.399 e. The first-order chi connectivity index (χ1) is 9.21. The molecule has 0 amide bonds. The van der Waals surface area contributed by atoms with Crippen LogP contribution < -0.4 is 16.2 Å². The molecule has 0 saturated carbocycles. The Hall–Kier alpha value is -1.31. The van der Waals surface area contributed by atoms with Gasteiger partial charge in [0.15, 0.2) is 0 Å². The maximum atomic E-state index is 11.5. The molecule has 0 aliphatic heterocycles. The second-order valence-electron chi connectivity index (χ2n) is 5.16. The summed E-state index contributed by atoms with van der Waals surface area (Å²) in [5.74, 6) is 0. The molecule has 6 nitrogen and oxygen atoms in total. The molecule has 0 radical (unpaired) electrons. The van der Waals surface area contributed by atoms with Gasteiger partial charge in [-0.2, -0.15) is 0 Å². The quantitative estimate of drug-likeness (QED) is 0.516. The number of nitrogen functional groups attached to an aromatic ring is 1. The number of anilines is 2. The zero-order chi connectivity index (χ0) is 15.3. The fourth-order valence-corrected chi connectivity index (χ4v) is 2.48. The molecule has 0 aliphatic rings. The minimum absolute atomic E-state index is 0.0368. The van der Waals surface area contributed by atoms with Crippen LogP contribution in [-0.4, -0.2) is 39.5 Å². The highest BCUT2D eigenvalue weighted by Gasteiger charge is 2.14. The Bertz CT molecular complexity index is 543. The predicted molar refractivity (Wildman–Crippen MR) is 83.1 cm³/mol. The molecule has 0 heterocycles. The van der Waals surface area contributed by atoms with Gasteiger partial charge in [-0.3, -0.25) is 0 Å². The number of nitrogens with one attached hydrogen (secondary N) is 1. The molecule has 114 valence electrons. The van der Waals surface area contributed by atoms with E-state index in [1.54, 1.807) is 12.1 Å². The summed E-state index contributed by atoms with van der Waals surface area (Å²) in [6, 6.07) is 5.16. The topological polar surface area (TPSA) is 101 Å². The Labute approximate surface area is 121 Å². The van der Waals surface area contributed by atoms with Crippen LogP contribution in [0.15, 0.2) is 23.1 Å².